The lowest BCUT2D eigenvalue weighted by molar-refractivity contribution is 0.306. The molecule has 0 bridgehead atoms. The van der Waals surface area contributed by atoms with E-state index in [4.69, 9.17) is 44.8 Å². The number of benzene rings is 2. The van der Waals surface area contributed by atoms with Gasteiger partial charge >= 0.3 is 0 Å². The Labute approximate surface area is 177 Å². The number of pyridine rings is 1. The topological polar surface area (TPSA) is 70.3 Å². The molecule has 0 spiro atoms. The number of anilines is 1. The van der Waals surface area contributed by atoms with Crippen molar-refractivity contribution in [2.45, 2.75) is 6.61 Å². The van der Waals surface area contributed by atoms with Gasteiger partial charge in [0.05, 0.1) is 11.2 Å². The van der Waals surface area contributed by atoms with Gasteiger partial charge in [-0.05, 0) is 35.4 Å². The van der Waals surface area contributed by atoms with Gasteiger partial charge in [0, 0.05) is 0 Å². The van der Waals surface area contributed by atoms with Crippen molar-refractivity contribution in [1.29, 1.82) is 5.26 Å². The second-order valence-electron chi connectivity index (χ2n) is 5.58. The van der Waals surface area contributed by atoms with Crippen molar-refractivity contribution in [1.82, 2.24) is 4.98 Å². The van der Waals surface area contributed by atoms with Gasteiger partial charge in [-0.3, -0.25) is 5.43 Å². The van der Waals surface area contributed by atoms with Crippen molar-refractivity contribution < 1.29 is 4.74 Å². The zero-order chi connectivity index (χ0) is 19.9. The van der Waals surface area contributed by atoms with Crippen molar-refractivity contribution >= 4 is 46.8 Å². The molecule has 2 aromatic carbocycles. The number of hydrogen-bond acceptors (Lipinski definition) is 5. The number of nitrogens with zero attached hydrogens (tertiary/aromatic N) is 3. The van der Waals surface area contributed by atoms with E-state index < -0.39 is 0 Å². The molecule has 1 aromatic heterocycles. The molecule has 3 aromatic rings. The van der Waals surface area contributed by atoms with Crippen LogP contribution in [0, 0.1) is 11.3 Å². The molecule has 0 saturated carbocycles. The monoisotopic (exact) mass is 430 g/mol. The largest absolute Gasteiger partial charge is 0.489 e. The van der Waals surface area contributed by atoms with Crippen LogP contribution >= 0.6 is 34.8 Å². The smallest absolute Gasteiger partial charge is 0.168 e. The zero-order valence-corrected chi connectivity index (χ0v) is 16.6. The molecule has 140 valence electrons. The molecule has 3 rings (SSSR count). The molecule has 1 heterocycles. The molecule has 28 heavy (non-hydrogen) atoms. The number of ether oxygens (including phenoxy) is 1. The number of nitrogens with one attached hydrogen (secondary N) is 1. The summed E-state index contributed by atoms with van der Waals surface area (Å²) in [5.41, 5.74) is 4.63. The van der Waals surface area contributed by atoms with Gasteiger partial charge in [-0.15, -0.1) is 0 Å². The molecule has 1 N–H and O–H groups in total. The number of hydrazone groups is 1. The Morgan fingerprint density at radius 2 is 1.75 bits per heavy atom. The van der Waals surface area contributed by atoms with E-state index in [1.165, 1.54) is 0 Å². The predicted molar refractivity (Wildman–Crippen MR) is 112 cm³/mol. The van der Waals surface area contributed by atoms with Gasteiger partial charge in [0.2, 0.25) is 0 Å². The maximum Gasteiger partial charge on any atom is 0.168 e. The molecule has 0 saturated heterocycles. The van der Waals surface area contributed by atoms with Gasteiger partial charge in [0.1, 0.15) is 29.0 Å². The molecule has 0 aliphatic rings. The summed E-state index contributed by atoms with van der Waals surface area (Å²) in [6.07, 6.45) is 1.58. The van der Waals surface area contributed by atoms with E-state index >= 15 is 0 Å². The average molecular weight is 432 g/mol. The third-order valence-corrected chi connectivity index (χ3v) is 4.78. The van der Waals surface area contributed by atoms with Gasteiger partial charge in [-0.2, -0.15) is 10.4 Å². The standard InChI is InChI=1S/C20H13Cl3N4O/c21-17-16(10-24)19(23)26-20(18(17)22)27-25-11-13-6-8-15(9-7-13)28-12-14-4-2-1-3-5-14/h1-9,11H,12H2,(H,26,27). The molecule has 0 amide bonds. The second kappa shape index (κ2) is 9.43. The first-order chi connectivity index (χ1) is 13.6. The highest BCUT2D eigenvalue weighted by Crippen LogP contribution is 2.34. The van der Waals surface area contributed by atoms with Crippen molar-refractivity contribution in [3.8, 4) is 11.8 Å². The molecule has 0 atom stereocenters. The van der Waals surface area contributed by atoms with E-state index in [-0.39, 0.29) is 26.6 Å². The third kappa shape index (κ3) is 4.93. The van der Waals surface area contributed by atoms with Crippen LogP contribution in [0.5, 0.6) is 5.75 Å². The highest BCUT2D eigenvalue weighted by Gasteiger charge is 2.15. The summed E-state index contributed by atoms with van der Waals surface area (Å²) in [6.45, 7) is 0.500. The molecular weight excluding hydrogens is 419 g/mol. The van der Waals surface area contributed by atoms with Crippen LogP contribution in [0.2, 0.25) is 15.2 Å². The van der Waals surface area contributed by atoms with Gasteiger partial charge in [0.25, 0.3) is 0 Å². The number of halogens is 3. The molecule has 0 fully saturated rings. The fraction of sp³-hybridized carbons (Fsp3) is 0.0500. The molecule has 0 aliphatic carbocycles. The van der Waals surface area contributed by atoms with Gasteiger partial charge < -0.3 is 4.74 Å². The summed E-state index contributed by atoms with van der Waals surface area (Å²) in [6, 6.07) is 19.2. The predicted octanol–water partition coefficient (Wildman–Crippen LogP) is 5.94. The second-order valence-corrected chi connectivity index (χ2v) is 6.69. The van der Waals surface area contributed by atoms with Crippen molar-refractivity contribution in [2.75, 3.05) is 5.43 Å². The van der Waals surface area contributed by atoms with E-state index in [9.17, 15) is 0 Å². The zero-order valence-electron chi connectivity index (χ0n) is 14.4. The fourth-order valence-corrected chi connectivity index (χ4v) is 2.91. The quantitative estimate of drug-likeness (QED) is 0.298. The van der Waals surface area contributed by atoms with E-state index in [0.717, 1.165) is 16.9 Å². The third-order valence-electron chi connectivity index (χ3n) is 3.66. The van der Waals surface area contributed by atoms with Crippen LogP contribution in [0.3, 0.4) is 0 Å². The van der Waals surface area contributed by atoms with E-state index in [1.807, 2.05) is 60.7 Å². The van der Waals surface area contributed by atoms with Crippen LogP contribution < -0.4 is 10.2 Å². The Morgan fingerprint density at radius 3 is 2.43 bits per heavy atom. The first-order valence-electron chi connectivity index (χ1n) is 8.09. The summed E-state index contributed by atoms with van der Waals surface area (Å²) in [5.74, 6) is 0.916. The van der Waals surface area contributed by atoms with E-state index in [2.05, 4.69) is 15.5 Å². The SMILES string of the molecule is N#Cc1c(Cl)nc(NN=Cc2ccc(OCc3ccccc3)cc2)c(Cl)c1Cl. The first kappa shape index (κ1) is 20.0. The molecule has 8 heteroatoms. The van der Waals surface area contributed by atoms with Gasteiger partial charge in [-0.1, -0.05) is 65.1 Å². The van der Waals surface area contributed by atoms with Crippen molar-refractivity contribution in [3.05, 3.63) is 86.5 Å². The molecule has 0 radical (unpaired) electrons. The molecule has 5 nitrogen and oxygen atoms in total. The van der Waals surface area contributed by atoms with Crippen molar-refractivity contribution in [3.63, 3.8) is 0 Å². The summed E-state index contributed by atoms with van der Waals surface area (Å²) < 4.78 is 5.74. The van der Waals surface area contributed by atoms with E-state index in [1.54, 1.807) is 6.21 Å². The number of hydrogen-bond donors (Lipinski definition) is 1. The van der Waals surface area contributed by atoms with Crippen LogP contribution in [0.4, 0.5) is 5.82 Å². The highest BCUT2D eigenvalue weighted by atomic mass is 35.5. The molecular formula is C20H13Cl3N4O. The van der Waals surface area contributed by atoms with Crippen molar-refractivity contribution in [2.24, 2.45) is 5.10 Å². The summed E-state index contributed by atoms with van der Waals surface area (Å²) in [7, 11) is 0. The number of nitriles is 1. The average Bonchev–Trinajstić information content (AvgIpc) is 2.72. The Hall–Kier alpha value is -2.78. The minimum Gasteiger partial charge on any atom is -0.489 e. The lowest BCUT2D eigenvalue weighted by atomic mass is 10.2. The Bertz CT molecular complexity index is 1030. The van der Waals surface area contributed by atoms with Gasteiger partial charge in [0.15, 0.2) is 11.0 Å². The minimum atomic E-state index is -0.0467. The van der Waals surface area contributed by atoms with Crippen LogP contribution in [0.1, 0.15) is 16.7 Å². The molecule has 0 unspecified atom stereocenters. The maximum absolute atomic E-state index is 8.99. The Morgan fingerprint density at radius 1 is 1.04 bits per heavy atom. The number of rotatable bonds is 6. The Balaban J connectivity index is 1.62. The fourth-order valence-electron chi connectivity index (χ4n) is 2.24. The highest BCUT2D eigenvalue weighted by molar-refractivity contribution is 6.45. The van der Waals surface area contributed by atoms with Crippen LogP contribution in [0.25, 0.3) is 0 Å². The maximum atomic E-state index is 8.99. The summed E-state index contributed by atoms with van der Waals surface area (Å²) >= 11 is 18.0. The van der Waals surface area contributed by atoms with Gasteiger partial charge in [-0.25, -0.2) is 4.98 Å². The summed E-state index contributed by atoms with van der Waals surface area (Å²) in [5, 5.41) is 13.1. The van der Waals surface area contributed by atoms with Crippen LogP contribution in [-0.2, 0) is 6.61 Å². The minimum absolute atomic E-state index is 0.0222. The van der Waals surface area contributed by atoms with Crippen LogP contribution in [0.15, 0.2) is 59.7 Å². The Kier molecular flexibility index (Phi) is 6.72. The lowest BCUT2D eigenvalue weighted by Crippen LogP contribution is -1.98. The molecule has 0 aliphatic heterocycles. The van der Waals surface area contributed by atoms with Crippen LogP contribution in [-0.4, -0.2) is 11.2 Å². The first-order valence-corrected chi connectivity index (χ1v) is 9.22. The normalized spacial score (nSPS) is 10.6. The lowest BCUT2D eigenvalue weighted by Gasteiger charge is -2.07. The summed E-state index contributed by atoms with van der Waals surface area (Å²) in [4.78, 5) is 3.98. The van der Waals surface area contributed by atoms with E-state index in [0.29, 0.717) is 6.61 Å². The number of aromatic nitrogens is 1.